The molecule has 1 aromatic carbocycles. The lowest BCUT2D eigenvalue weighted by Crippen LogP contribution is -2.41. The Bertz CT molecular complexity index is 654. The number of ether oxygens (including phenoxy) is 1. The molecule has 1 heterocycles. The van der Waals surface area contributed by atoms with Crippen molar-refractivity contribution in [2.45, 2.75) is 26.5 Å². The Labute approximate surface area is 161 Å². The van der Waals surface area contributed by atoms with Crippen molar-refractivity contribution in [1.29, 1.82) is 0 Å². The fourth-order valence-corrected chi connectivity index (χ4v) is 2.26. The Morgan fingerprint density at radius 1 is 1.25 bits per heavy atom. The molecule has 0 spiro atoms. The first-order valence-electron chi connectivity index (χ1n) is 7.86. The number of hydrogen-bond donors (Lipinski definition) is 2. The minimum Gasteiger partial charge on any atom is -0.489 e. The Hall–Kier alpha value is -1.70. The fraction of sp³-hybridized carbons (Fsp3) is 0.389. The molecule has 1 aromatic heterocycles. The van der Waals surface area contributed by atoms with Crippen molar-refractivity contribution >= 4 is 29.9 Å². The first kappa shape index (κ1) is 20.3. The van der Waals surface area contributed by atoms with E-state index in [1.165, 1.54) is 5.56 Å². The average Bonchev–Trinajstić information content (AvgIpc) is 2.95. The molecule has 24 heavy (non-hydrogen) atoms. The normalized spacial score (nSPS) is 12.2. The predicted octanol–water partition coefficient (Wildman–Crippen LogP) is 3.08. The standard InChI is InChI=1S/C18H26N4O.HI/c1-14-7-5-6-8-17(14)23-15(2)11-20-18(19-3)21-12-16-9-10-22(4)13-16;/h5-10,13,15H,11-12H2,1-4H3,(H2,19,20,21);1H. The van der Waals surface area contributed by atoms with Gasteiger partial charge in [0.15, 0.2) is 5.96 Å². The van der Waals surface area contributed by atoms with Crippen LogP contribution < -0.4 is 15.4 Å². The van der Waals surface area contributed by atoms with E-state index < -0.39 is 0 Å². The Morgan fingerprint density at radius 3 is 2.62 bits per heavy atom. The maximum Gasteiger partial charge on any atom is 0.191 e. The van der Waals surface area contributed by atoms with Gasteiger partial charge in [-0.25, -0.2) is 0 Å². The molecule has 0 aliphatic carbocycles. The molecule has 1 unspecified atom stereocenters. The Kier molecular flexibility index (Phi) is 8.67. The van der Waals surface area contributed by atoms with Crippen LogP contribution in [0.2, 0.25) is 0 Å². The van der Waals surface area contributed by atoms with Crippen LogP contribution in [0.4, 0.5) is 0 Å². The molecule has 2 rings (SSSR count). The van der Waals surface area contributed by atoms with Gasteiger partial charge in [-0.15, -0.1) is 24.0 Å². The van der Waals surface area contributed by atoms with Gasteiger partial charge < -0.3 is 19.9 Å². The van der Waals surface area contributed by atoms with Crippen molar-refractivity contribution in [3.8, 4) is 5.75 Å². The average molecular weight is 442 g/mol. The minimum atomic E-state index is 0. The van der Waals surface area contributed by atoms with Crippen LogP contribution in [-0.4, -0.2) is 30.2 Å². The second-order valence-corrected chi connectivity index (χ2v) is 5.69. The summed E-state index contributed by atoms with van der Waals surface area (Å²) in [7, 11) is 3.79. The zero-order chi connectivity index (χ0) is 16.7. The first-order chi connectivity index (χ1) is 11.1. The van der Waals surface area contributed by atoms with Crippen molar-refractivity contribution in [2.75, 3.05) is 13.6 Å². The molecule has 2 N–H and O–H groups in total. The van der Waals surface area contributed by atoms with Crippen LogP contribution in [0.15, 0.2) is 47.7 Å². The molecule has 0 fully saturated rings. The van der Waals surface area contributed by atoms with E-state index in [1.54, 1.807) is 7.05 Å². The largest absolute Gasteiger partial charge is 0.489 e. The number of rotatable bonds is 6. The number of guanidine groups is 1. The summed E-state index contributed by atoms with van der Waals surface area (Å²) in [6.45, 7) is 5.52. The van der Waals surface area contributed by atoms with E-state index in [9.17, 15) is 0 Å². The Balaban J connectivity index is 0.00000288. The molecular weight excluding hydrogens is 415 g/mol. The smallest absolute Gasteiger partial charge is 0.191 e. The van der Waals surface area contributed by atoms with Crippen LogP contribution in [0.3, 0.4) is 0 Å². The van der Waals surface area contributed by atoms with Gasteiger partial charge in [0.2, 0.25) is 0 Å². The highest BCUT2D eigenvalue weighted by Crippen LogP contribution is 2.17. The van der Waals surface area contributed by atoms with Crippen molar-refractivity contribution in [1.82, 2.24) is 15.2 Å². The van der Waals surface area contributed by atoms with Gasteiger partial charge in [-0.1, -0.05) is 18.2 Å². The predicted molar refractivity (Wildman–Crippen MR) is 110 cm³/mol. The number of nitrogens with zero attached hydrogens (tertiary/aromatic N) is 2. The SMILES string of the molecule is CN=C(NCc1ccn(C)c1)NCC(C)Oc1ccccc1C.I. The lowest BCUT2D eigenvalue weighted by Gasteiger charge is -2.18. The van der Waals surface area contributed by atoms with Crippen molar-refractivity contribution in [2.24, 2.45) is 12.0 Å². The van der Waals surface area contributed by atoms with E-state index >= 15 is 0 Å². The third-order valence-electron chi connectivity index (χ3n) is 3.56. The molecule has 0 bridgehead atoms. The summed E-state index contributed by atoms with van der Waals surface area (Å²) in [5, 5.41) is 6.59. The molecule has 1 atom stereocenters. The van der Waals surface area contributed by atoms with Crippen molar-refractivity contribution in [3.63, 3.8) is 0 Å². The molecule has 0 radical (unpaired) electrons. The van der Waals surface area contributed by atoms with E-state index in [-0.39, 0.29) is 30.1 Å². The fourth-order valence-electron chi connectivity index (χ4n) is 2.26. The van der Waals surface area contributed by atoms with Crippen LogP contribution in [0.1, 0.15) is 18.1 Å². The van der Waals surface area contributed by atoms with Gasteiger partial charge in [-0.2, -0.15) is 0 Å². The van der Waals surface area contributed by atoms with Crippen LogP contribution in [0, 0.1) is 6.92 Å². The molecule has 2 aromatic rings. The molecule has 0 aliphatic heterocycles. The van der Waals surface area contributed by atoms with Crippen LogP contribution >= 0.6 is 24.0 Å². The number of benzene rings is 1. The number of hydrogen-bond acceptors (Lipinski definition) is 2. The van der Waals surface area contributed by atoms with E-state index in [0.717, 1.165) is 23.8 Å². The Morgan fingerprint density at radius 2 is 2.00 bits per heavy atom. The lowest BCUT2D eigenvalue weighted by atomic mass is 10.2. The molecule has 6 heteroatoms. The monoisotopic (exact) mass is 442 g/mol. The number of nitrogens with one attached hydrogen (secondary N) is 2. The summed E-state index contributed by atoms with van der Waals surface area (Å²) in [4.78, 5) is 4.24. The van der Waals surface area contributed by atoms with Gasteiger partial charge in [0.25, 0.3) is 0 Å². The van der Waals surface area contributed by atoms with Gasteiger partial charge in [0.1, 0.15) is 11.9 Å². The van der Waals surface area contributed by atoms with Crippen LogP contribution in [0.25, 0.3) is 0 Å². The second-order valence-electron chi connectivity index (χ2n) is 5.69. The molecule has 0 amide bonds. The summed E-state index contributed by atoms with van der Waals surface area (Å²) >= 11 is 0. The van der Waals surface area contributed by atoms with Gasteiger partial charge in [-0.05, 0) is 37.1 Å². The second kappa shape index (κ2) is 10.2. The molecule has 0 saturated heterocycles. The van der Waals surface area contributed by atoms with Crippen molar-refractivity contribution in [3.05, 3.63) is 53.9 Å². The van der Waals surface area contributed by atoms with Gasteiger partial charge in [-0.3, -0.25) is 4.99 Å². The number of aryl methyl sites for hydroxylation is 2. The quantitative estimate of drug-likeness (QED) is 0.411. The third-order valence-corrected chi connectivity index (χ3v) is 3.56. The van der Waals surface area contributed by atoms with Gasteiger partial charge in [0.05, 0.1) is 6.54 Å². The lowest BCUT2D eigenvalue weighted by molar-refractivity contribution is 0.222. The van der Waals surface area contributed by atoms with Crippen LogP contribution in [0.5, 0.6) is 5.75 Å². The zero-order valence-electron chi connectivity index (χ0n) is 14.7. The molecule has 0 saturated carbocycles. The van der Waals surface area contributed by atoms with Crippen molar-refractivity contribution < 1.29 is 4.74 Å². The molecule has 0 aliphatic rings. The van der Waals surface area contributed by atoms with E-state index in [2.05, 4.69) is 40.9 Å². The highest BCUT2D eigenvalue weighted by Gasteiger charge is 2.07. The first-order valence-corrected chi connectivity index (χ1v) is 7.86. The van der Waals surface area contributed by atoms with Gasteiger partial charge >= 0.3 is 0 Å². The summed E-state index contributed by atoms with van der Waals surface area (Å²) < 4.78 is 7.99. The van der Waals surface area contributed by atoms with Crippen LogP contribution in [-0.2, 0) is 13.6 Å². The topological polar surface area (TPSA) is 50.6 Å². The minimum absolute atomic E-state index is 0. The highest BCUT2D eigenvalue weighted by molar-refractivity contribution is 14.0. The summed E-state index contributed by atoms with van der Waals surface area (Å²) in [6.07, 6.45) is 4.17. The maximum absolute atomic E-state index is 5.96. The number of halogens is 1. The van der Waals surface area contributed by atoms with Gasteiger partial charge in [0, 0.05) is 33.0 Å². The molecule has 5 nitrogen and oxygen atoms in total. The number of aromatic nitrogens is 1. The summed E-state index contributed by atoms with van der Waals surface area (Å²) in [5.74, 6) is 1.70. The molecular formula is C18H27IN4O. The van der Waals surface area contributed by atoms with E-state index in [0.29, 0.717) is 6.54 Å². The zero-order valence-corrected chi connectivity index (χ0v) is 17.1. The summed E-state index contributed by atoms with van der Waals surface area (Å²) in [5.41, 5.74) is 2.37. The third kappa shape index (κ3) is 6.43. The number of aliphatic imine (C=N–C) groups is 1. The maximum atomic E-state index is 5.96. The molecule has 132 valence electrons. The van der Waals surface area contributed by atoms with E-state index in [4.69, 9.17) is 4.74 Å². The van der Waals surface area contributed by atoms with E-state index in [1.807, 2.05) is 42.9 Å². The summed E-state index contributed by atoms with van der Waals surface area (Å²) in [6, 6.07) is 10.1. The highest BCUT2D eigenvalue weighted by atomic mass is 127. The number of para-hydroxylation sites is 1.